The van der Waals surface area contributed by atoms with Gasteiger partial charge < -0.3 is 9.84 Å². The van der Waals surface area contributed by atoms with E-state index >= 15 is 0 Å². The van der Waals surface area contributed by atoms with E-state index in [9.17, 15) is 9.90 Å². The predicted octanol–water partition coefficient (Wildman–Crippen LogP) is 1.73. The molecule has 2 rings (SSSR count). The van der Waals surface area contributed by atoms with E-state index in [1.165, 1.54) is 13.3 Å². The number of hydrogen-bond donors (Lipinski definition) is 1. The Morgan fingerprint density at radius 1 is 1.47 bits per heavy atom. The number of pyridine rings is 1. The molecule has 2 aromatic rings. The number of rotatable bonds is 1. The second-order valence-corrected chi connectivity index (χ2v) is 3.06. The van der Waals surface area contributed by atoms with Crippen molar-refractivity contribution in [1.82, 2.24) is 4.98 Å². The molecule has 0 fully saturated rings. The molecule has 0 aliphatic heterocycles. The van der Waals surface area contributed by atoms with Crippen molar-refractivity contribution in [2.24, 2.45) is 0 Å². The summed E-state index contributed by atoms with van der Waals surface area (Å²) in [6.07, 6.45) is 1.42. The van der Waals surface area contributed by atoms with E-state index < -0.39 is 5.97 Å². The quantitative estimate of drug-likeness (QED) is 0.717. The smallest absolute Gasteiger partial charge is 0.339 e. The number of aromatic nitrogens is 1. The fourth-order valence-electron chi connectivity index (χ4n) is 1.36. The van der Waals surface area contributed by atoms with Crippen LogP contribution in [0, 0.1) is 0 Å². The Balaban J connectivity index is 2.64. The fourth-order valence-corrected chi connectivity index (χ4v) is 1.36. The molecule has 1 aromatic heterocycles. The second kappa shape index (κ2) is 3.57. The number of carbonyl (C=O) groups excluding carboxylic acids is 1. The summed E-state index contributed by atoms with van der Waals surface area (Å²) in [7, 11) is 1.30. The van der Waals surface area contributed by atoms with Gasteiger partial charge in [0.05, 0.1) is 18.2 Å². The molecule has 1 N–H and O–H groups in total. The normalized spacial score (nSPS) is 10.2. The molecule has 1 aromatic carbocycles. The Bertz CT molecular complexity index is 522. The lowest BCUT2D eigenvalue weighted by Crippen LogP contribution is -2.01. The molecule has 4 nitrogen and oxygen atoms in total. The highest BCUT2D eigenvalue weighted by Crippen LogP contribution is 2.23. The summed E-state index contributed by atoms with van der Waals surface area (Å²) in [6, 6.07) is 6.56. The standard InChI is InChI=1S/C11H9NO3/c1-15-11(14)7-5-8-9(12-6-7)3-2-4-10(8)13/h2-6,13H,1H3. The minimum absolute atomic E-state index is 0.103. The van der Waals surface area contributed by atoms with Gasteiger partial charge in [-0.15, -0.1) is 0 Å². The molecule has 0 atom stereocenters. The Labute approximate surface area is 86.1 Å². The van der Waals surface area contributed by atoms with E-state index in [0.717, 1.165) is 0 Å². The maximum absolute atomic E-state index is 11.2. The van der Waals surface area contributed by atoms with E-state index in [4.69, 9.17) is 0 Å². The molecule has 0 bridgehead atoms. The summed E-state index contributed by atoms with van der Waals surface area (Å²) in [5, 5.41) is 10.1. The van der Waals surface area contributed by atoms with Crippen LogP contribution < -0.4 is 0 Å². The van der Waals surface area contributed by atoms with Crippen molar-refractivity contribution < 1.29 is 14.6 Å². The van der Waals surface area contributed by atoms with Gasteiger partial charge in [-0.1, -0.05) is 6.07 Å². The molecule has 4 heteroatoms. The average molecular weight is 203 g/mol. The molecule has 0 aliphatic rings. The monoisotopic (exact) mass is 203 g/mol. The van der Waals surface area contributed by atoms with Crippen LogP contribution in [0.2, 0.25) is 0 Å². The van der Waals surface area contributed by atoms with Gasteiger partial charge in [0.25, 0.3) is 0 Å². The number of fused-ring (bicyclic) bond motifs is 1. The largest absolute Gasteiger partial charge is 0.507 e. The van der Waals surface area contributed by atoms with Crippen LogP contribution in [0.15, 0.2) is 30.5 Å². The number of benzene rings is 1. The van der Waals surface area contributed by atoms with Gasteiger partial charge in [0, 0.05) is 11.6 Å². The summed E-state index contributed by atoms with van der Waals surface area (Å²) < 4.78 is 4.56. The predicted molar refractivity (Wildman–Crippen MR) is 54.7 cm³/mol. The summed E-state index contributed by atoms with van der Waals surface area (Å²) in [5.74, 6) is -0.363. The first-order chi connectivity index (χ1) is 7.22. The Morgan fingerprint density at radius 3 is 3.00 bits per heavy atom. The number of nitrogens with zero attached hydrogens (tertiary/aromatic N) is 1. The lowest BCUT2D eigenvalue weighted by molar-refractivity contribution is 0.0600. The van der Waals surface area contributed by atoms with Crippen molar-refractivity contribution in [3.8, 4) is 5.75 Å². The molecule has 0 amide bonds. The molecule has 76 valence electrons. The first kappa shape index (κ1) is 9.45. The number of methoxy groups -OCH3 is 1. The topological polar surface area (TPSA) is 59.4 Å². The first-order valence-corrected chi connectivity index (χ1v) is 4.38. The Kier molecular flexibility index (Phi) is 2.25. The van der Waals surface area contributed by atoms with Gasteiger partial charge in [-0.3, -0.25) is 4.98 Å². The van der Waals surface area contributed by atoms with Crippen molar-refractivity contribution in [3.05, 3.63) is 36.0 Å². The molecule has 0 radical (unpaired) electrons. The van der Waals surface area contributed by atoms with Crippen molar-refractivity contribution in [2.75, 3.05) is 7.11 Å². The van der Waals surface area contributed by atoms with Gasteiger partial charge in [0.1, 0.15) is 5.75 Å². The highest BCUT2D eigenvalue weighted by molar-refractivity contribution is 5.95. The number of aromatic hydroxyl groups is 1. The van der Waals surface area contributed by atoms with Gasteiger partial charge in [0.2, 0.25) is 0 Å². The van der Waals surface area contributed by atoms with Crippen LogP contribution in [0.3, 0.4) is 0 Å². The Hall–Kier alpha value is -2.10. The van der Waals surface area contributed by atoms with Crippen LogP contribution in [-0.4, -0.2) is 23.2 Å². The van der Waals surface area contributed by atoms with Crippen molar-refractivity contribution in [2.45, 2.75) is 0 Å². The van der Waals surface area contributed by atoms with Crippen molar-refractivity contribution in [1.29, 1.82) is 0 Å². The second-order valence-electron chi connectivity index (χ2n) is 3.06. The Morgan fingerprint density at radius 2 is 2.27 bits per heavy atom. The molecular weight excluding hydrogens is 194 g/mol. The zero-order valence-corrected chi connectivity index (χ0v) is 8.10. The van der Waals surface area contributed by atoms with Crippen molar-refractivity contribution >= 4 is 16.9 Å². The average Bonchev–Trinajstić information content (AvgIpc) is 2.28. The summed E-state index contributed by atoms with van der Waals surface area (Å²) in [4.78, 5) is 15.3. The van der Waals surface area contributed by atoms with Gasteiger partial charge in [-0.2, -0.15) is 0 Å². The fraction of sp³-hybridized carbons (Fsp3) is 0.0909. The number of hydrogen-bond acceptors (Lipinski definition) is 4. The SMILES string of the molecule is COC(=O)c1cnc2cccc(O)c2c1. The van der Waals surface area contributed by atoms with Crippen LogP contribution in [0.5, 0.6) is 5.75 Å². The van der Waals surface area contributed by atoms with Gasteiger partial charge in [-0.05, 0) is 18.2 Å². The van der Waals surface area contributed by atoms with E-state index in [0.29, 0.717) is 16.5 Å². The minimum Gasteiger partial charge on any atom is -0.507 e. The molecule has 0 unspecified atom stereocenters. The van der Waals surface area contributed by atoms with E-state index in [1.807, 2.05) is 0 Å². The van der Waals surface area contributed by atoms with E-state index in [-0.39, 0.29) is 5.75 Å². The molecule has 1 heterocycles. The van der Waals surface area contributed by atoms with Gasteiger partial charge >= 0.3 is 5.97 Å². The lowest BCUT2D eigenvalue weighted by Gasteiger charge is -2.02. The molecule has 0 saturated carbocycles. The third-order valence-electron chi connectivity index (χ3n) is 2.12. The third-order valence-corrected chi connectivity index (χ3v) is 2.12. The van der Waals surface area contributed by atoms with Crippen molar-refractivity contribution in [3.63, 3.8) is 0 Å². The number of phenolic OH excluding ortho intramolecular Hbond substituents is 1. The van der Waals surface area contributed by atoms with Gasteiger partial charge in [0.15, 0.2) is 0 Å². The molecule has 0 aliphatic carbocycles. The molecular formula is C11H9NO3. The minimum atomic E-state index is -0.465. The summed E-state index contributed by atoms with van der Waals surface area (Å²) in [5.41, 5.74) is 0.967. The number of phenols is 1. The maximum Gasteiger partial charge on any atom is 0.339 e. The number of ether oxygens (including phenoxy) is 1. The van der Waals surface area contributed by atoms with Crippen LogP contribution in [-0.2, 0) is 4.74 Å². The lowest BCUT2D eigenvalue weighted by atomic mass is 10.1. The first-order valence-electron chi connectivity index (χ1n) is 4.38. The van der Waals surface area contributed by atoms with Crippen LogP contribution in [0.25, 0.3) is 10.9 Å². The van der Waals surface area contributed by atoms with Crippen LogP contribution >= 0.6 is 0 Å². The summed E-state index contributed by atoms with van der Waals surface area (Å²) in [6.45, 7) is 0. The zero-order valence-electron chi connectivity index (χ0n) is 8.10. The molecule has 15 heavy (non-hydrogen) atoms. The van der Waals surface area contributed by atoms with E-state index in [2.05, 4.69) is 9.72 Å². The highest BCUT2D eigenvalue weighted by atomic mass is 16.5. The number of esters is 1. The number of carbonyl (C=O) groups is 1. The molecule has 0 spiro atoms. The summed E-state index contributed by atoms with van der Waals surface area (Å²) >= 11 is 0. The third kappa shape index (κ3) is 1.61. The van der Waals surface area contributed by atoms with Gasteiger partial charge in [-0.25, -0.2) is 4.79 Å². The maximum atomic E-state index is 11.2. The van der Waals surface area contributed by atoms with Crippen LogP contribution in [0.4, 0.5) is 0 Å². The van der Waals surface area contributed by atoms with Crippen LogP contribution in [0.1, 0.15) is 10.4 Å². The zero-order chi connectivity index (χ0) is 10.8. The molecule has 0 saturated heterocycles. The van der Waals surface area contributed by atoms with E-state index in [1.54, 1.807) is 24.3 Å². The highest BCUT2D eigenvalue weighted by Gasteiger charge is 2.08.